The Bertz CT molecular complexity index is 607. The van der Waals surface area contributed by atoms with Crippen molar-refractivity contribution in [3.63, 3.8) is 0 Å². The number of allylic oxidation sites excluding steroid dienone is 1. The minimum Gasteiger partial charge on any atom is -0.396 e. The topological polar surface area (TPSA) is 52.6 Å². The van der Waals surface area contributed by atoms with E-state index in [-0.39, 0.29) is 24.4 Å². The number of likely N-dealkylation sites (tertiary alicyclic amines) is 1. The van der Waals surface area contributed by atoms with E-state index in [9.17, 15) is 14.3 Å². The monoisotopic (exact) mass is 346 g/mol. The molecular weight excluding hydrogens is 319 g/mol. The highest BCUT2D eigenvalue weighted by Crippen LogP contribution is 2.27. The second kappa shape index (κ2) is 8.59. The molecule has 0 radical (unpaired) electrons. The largest absolute Gasteiger partial charge is 0.396 e. The van der Waals surface area contributed by atoms with E-state index in [1.807, 2.05) is 12.1 Å². The van der Waals surface area contributed by atoms with Crippen LogP contribution in [0.15, 0.2) is 30.3 Å². The Kier molecular flexibility index (Phi) is 6.21. The summed E-state index contributed by atoms with van der Waals surface area (Å²) in [5.74, 6) is 0.270. The Balaban J connectivity index is 1.44. The number of halogens is 1. The fraction of sp³-hybridized carbons (Fsp3) is 0.550. The van der Waals surface area contributed by atoms with Crippen LogP contribution < -0.4 is 5.32 Å². The summed E-state index contributed by atoms with van der Waals surface area (Å²) in [5.41, 5.74) is 2.30. The average Bonchev–Trinajstić information content (AvgIpc) is 2.64. The molecule has 1 saturated heterocycles. The van der Waals surface area contributed by atoms with Crippen molar-refractivity contribution in [1.29, 1.82) is 0 Å². The van der Waals surface area contributed by atoms with Crippen molar-refractivity contribution in [3.8, 4) is 0 Å². The molecule has 1 aliphatic carbocycles. The van der Waals surface area contributed by atoms with Gasteiger partial charge < -0.3 is 10.4 Å². The first-order valence-corrected chi connectivity index (χ1v) is 9.21. The Morgan fingerprint density at radius 2 is 1.92 bits per heavy atom. The minimum absolute atomic E-state index is 0.0890. The van der Waals surface area contributed by atoms with Gasteiger partial charge in [0.1, 0.15) is 5.82 Å². The first kappa shape index (κ1) is 18.1. The fourth-order valence-electron chi connectivity index (χ4n) is 3.69. The van der Waals surface area contributed by atoms with Gasteiger partial charge in [0.05, 0.1) is 6.54 Å². The summed E-state index contributed by atoms with van der Waals surface area (Å²) in [5, 5.41) is 12.3. The molecule has 1 heterocycles. The highest BCUT2D eigenvalue weighted by atomic mass is 19.1. The molecule has 0 spiro atoms. The molecule has 1 atom stereocenters. The summed E-state index contributed by atoms with van der Waals surface area (Å²) in [7, 11) is 0. The molecule has 1 fully saturated rings. The molecule has 25 heavy (non-hydrogen) atoms. The normalized spacial score (nSPS) is 22.5. The van der Waals surface area contributed by atoms with E-state index in [4.69, 9.17) is 0 Å². The Hall–Kier alpha value is -1.72. The third-order valence-electron chi connectivity index (χ3n) is 5.32. The van der Waals surface area contributed by atoms with Gasteiger partial charge in [-0.3, -0.25) is 9.69 Å². The van der Waals surface area contributed by atoms with Gasteiger partial charge in [0.15, 0.2) is 0 Å². The maximum Gasteiger partial charge on any atom is 0.234 e. The van der Waals surface area contributed by atoms with Gasteiger partial charge in [0.25, 0.3) is 0 Å². The first-order chi connectivity index (χ1) is 12.1. The smallest absolute Gasteiger partial charge is 0.234 e. The molecular formula is C20H27FN2O2. The van der Waals surface area contributed by atoms with Crippen molar-refractivity contribution in [3.05, 3.63) is 41.7 Å². The number of rotatable bonds is 5. The fourth-order valence-corrected chi connectivity index (χ4v) is 3.69. The number of piperidine rings is 1. The van der Waals surface area contributed by atoms with Gasteiger partial charge >= 0.3 is 0 Å². The summed E-state index contributed by atoms with van der Waals surface area (Å²) in [6.07, 6.45) is 6.74. The van der Waals surface area contributed by atoms with Crippen LogP contribution in [0.2, 0.25) is 0 Å². The summed E-state index contributed by atoms with van der Waals surface area (Å²) < 4.78 is 13.0. The average molecular weight is 346 g/mol. The molecule has 1 aliphatic heterocycles. The second-order valence-electron chi connectivity index (χ2n) is 7.18. The number of benzene rings is 1. The number of hydrogen-bond acceptors (Lipinski definition) is 3. The molecule has 4 nitrogen and oxygen atoms in total. The lowest BCUT2D eigenvalue weighted by Crippen LogP contribution is -2.45. The number of amides is 1. The van der Waals surface area contributed by atoms with Crippen LogP contribution in [0.4, 0.5) is 4.39 Å². The number of hydrogen-bond donors (Lipinski definition) is 2. The van der Waals surface area contributed by atoms with E-state index in [0.717, 1.165) is 50.8 Å². The second-order valence-corrected chi connectivity index (χ2v) is 7.18. The molecule has 0 aromatic heterocycles. The lowest BCUT2D eigenvalue weighted by atomic mass is 9.90. The molecule has 5 heteroatoms. The van der Waals surface area contributed by atoms with Crippen LogP contribution in [0.1, 0.15) is 37.7 Å². The number of aliphatic hydroxyl groups excluding tert-OH is 1. The number of aliphatic hydroxyl groups is 1. The van der Waals surface area contributed by atoms with Crippen molar-refractivity contribution >= 4 is 11.5 Å². The van der Waals surface area contributed by atoms with Crippen LogP contribution in [-0.2, 0) is 4.79 Å². The Labute approximate surface area is 148 Å². The molecule has 1 amide bonds. The predicted octanol–water partition coefficient (Wildman–Crippen LogP) is 2.58. The van der Waals surface area contributed by atoms with Gasteiger partial charge in [-0.1, -0.05) is 18.2 Å². The van der Waals surface area contributed by atoms with Gasteiger partial charge in [-0.05, 0) is 74.4 Å². The van der Waals surface area contributed by atoms with Gasteiger partial charge in [0.2, 0.25) is 5.91 Å². The molecule has 0 bridgehead atoms. The highest BCUT2D eigenvalue weighted by molar-refractivity contribution is 5.78. The molecule has 0 saturated carbocycles. The van der Waals surface area contributed by atoms with E-state index in [2.05, 4.69) is 16.3 Å². The van der Waals surface area contributed by atoms with Gasteiger partial charge in [0, 0.05) is 12.6 Å². The van der Waals surface area contributed by atoms with Crippen LogP contribution in [0.25, 0.3) is 5.57 Å². The molecule has 2 aliphatic rings. The van der Waals surface area contributed by atoms with Crippen molar-refractivity contribution < 1.29 is 14.3 Å². The van der Waals surface area contributed by atoms with Gasteiger partial charge in [-0.2, -0.15) is 0 Å². The SMILES string of the molecule is O=C(CN1CCC(CO)CC1)NC1CC=C(c2ccc(F)cc2)CC1. The van der Waals surface area contributed by atoms with Crippen LogP contribution in [-0.4, -0.2) is 48.2 Å². The van der Waals surface area contributed by atoms with Crippen LogP contribution >= 0.6 is 0 Å². The Morgan fingerprint density at radius 3 is 2.52 bits per heavy atom. The van der Waals surface area contributed by atoms with Gasteiger partial charge in [-0.25, -0.2) is 4.39 Å². The van der Waals surface area contributed by atoms with Crippen molar-refractivity contribution in [2.24, 2.45) is 5.92 Å². The van der Waals surface area contributed by atoms with E-state index in [0.29, 0.717) is 12.5 Å². The zero-order chi connectivity index (χ0) is 17.6. The molecule has 1 aromatic rings. The van der Waals surface area contributed by atoms with E-state index >= 15 is 0 Å². The molecule has 1 unspecified atom stereocenters. The van der Waals surface area contributed by atoms with Crippen molar-refractivity contribution in [2.45, 2.75) is 38.1 Å². The molecule has 2 N–H and O–H groups in total. The number of nitrogens with zero attached hydrogens (tertiary/aromatic N) is 1. The van der Waals surface area contributed by atoms with E-state index in [1.165, 1.54) is 17.7 Å². The molecule has 136 valence electrons. The third kappa shape index (κ3) is 5.13. The minimum atomic E-state index is -0.215. The summed E-state index contributed by atoms with van der Waals surface area (Å²) in [6, 6.07) is 6.80. The predicted molar refractivity (Wildman–Crippen MR) is 96.4 cm³/mol. The summed E-state index contributed by atoms with van der Waals surface area (Å²) >= 11 is 0. The third-order valence-corrected chi connectivity index (χ3v) is 5.32. The van der Waals surface area contributed by atoms with E-state index in [1.54, 1.807) is 0 Å². The van der Waals surface area contributed by atoms with Gasteiger partial charge in [-0.15, -0.1) is 0 Å². The molecule has 1 aromatic carbocycles. The highest BCUT2D eigenvalue weighted by Gasteiger charge is 2.22. The zero-order valence-electron chi connectivity index (χ0n) is 14.6. The maximum absolute atomic E-state index is 13.0. The lowest BCUT2D eigenvalue weighted by molar-refractivity contribution is -0.123. The number of carbonyl (C=O) groups excluding carboxylic acids is 1. The quantitative estimate of drug-likeness (QED) is 0.862. The lowest BCUT2D eigenvalue weighted by Gasteiger charge is -2.31. The summed E-state index contributed by atoms with van der Waals surface area (Å²) in [6.45, 7) is 2.48. The Morgan fingerprint density at radius 1 is 1.20 bits per heavy atom. The van der Waals surface area contributed by atoms with E-state index < -0.39 is 0 Å². The standard InChI is InChI=1S/C20H27FN2O2/c21-18-5-1-16(2-6-18)17-3-7-19(8-4-17)22-20(25)13-23-11-9-15(14-24)10-12-23/h1-3,5-6,15,19,24H,4,7-14H2,(H,22,25). The van der Waals surface area contributed by atoms with Crippen molar-refractivity contribution in [1.82, 2.24) is 10.2 Å². The van der Waals surface area contributed by atoms with Crippen LogP contribution in [0.3, 0.4) is 0 Å². The molecule has 3 rings (SSSR count). The van der Waals surface area contributed by atoms with Crippen molar-refractivity contribution in [2.75, 3.05) is 26.2 Å². The maximum atomic E-state index is 13.0. The summed E-state index contributed by atoms with van der Waals surface area (Å²) in [4.78, 5) is 14.4. The van der Waals surface area contributed by atoms with Crippen LogP contribution in [0.5, 0.6) is 0 Å². The first-order valence-electron chi connectivity index (χ1n) is 9.21. The zero-order valence-corrected chi connectivity index (χ0v) is 14.6. The van der Waals surface area contributed by atoms with Crippen LogP contribution in [0, 0.1) is 11.7 Å². The number of nitrogens with one attached hydrogen (secondary N) is 1. The number of carbonyl (C=O) groups is 1.